The third kappa shape index (κ3) is 1.55. The van der Waals surface area contributed by atoms with E-state index >= 15 is 0 Å². The van der Waals surface area contributed by atoms with Gasteiger partial charge in [0.15, 0.2) is 0 Å². The van der Waals surface area contributed by atoms with Gasteiger partial charge in [-0.05, 0) is 0 Å². The monoisotopic (exact) mass is 100.0 g/mol. The third-order valence-electron chi connectivity index (χ3n) is 0.303. The Balaban J connectivity index is 3.33. The van der Waals surface area contributed by atoms with Crippen LogP contribution in [0.5, 0.6) is 0 Å². The minimum absolute atomic E-state index is 0.390. The average molecular weight is 100 g/mol. The summed E-state index contributed by atoms with van der Waals surface area (Å²) in [5.74, 6) is 1.22. The van der Waals surface area contributed by atoms with Crippen LogP contribution in [0.3, 0.4) is 0 Å². The van der Waals surface area contributed by atoms with E-state index in [2.05, 4.69) is 10.8 Å². The molecular formula is C3H4O2Si. The first kappa shape index (κ1) is 5.25. The van der Waals surface area contributed by atoms with Crippen molar-refractivity contribution in [2.45, 2.75) is 0 Å². The molecule has 6 heavy (non-hydrogen) atoms. The Hall–Kier alpha value is -0.753. The van der Waals surface area contributed by atoms with Crippen LogP contribution < -0.4 is 0 Å². The summed E-state index contributed by atoms with van der Waals surface area (Å²) in [7, 11) is 0.390. The smallest absolute Gasteiger partial charge is 0.370 e. The molecule has 0 amide bonds. The van der Waals surface area contributed by atoms with Crippen LogP contribution in [0.15, 0.2) is 0 Å². The van der Waals surface area contributed by atoms with Crippen molar-refractivity contribution in [3.63, 3.8) is 0 Å². The lowest BCUT2D eigenvalue weighted by atomic mass is 10.7. The van der Waals surface area contributed by atoms with Crippen molar-refractivity contribution in [2.75, 3.05) is 0 Å². The molecule has 0 unspecified atom stereocenters. The highest BCUT2D eigenvalue weighted by Gasteiger charge is 1.81. The zero-order valence-electron chi connectivity index (χ0n) is 3.39. The fraction of sp³-hybridized carbons (Fsp3) is 0. The van der Waals surface area contributed by atoms with Crippen LogP contribution in [0.4, 0.5) is 0 Å². The number of rotatable bonds is 0. The van der Waals surface area contributed by atoms with Crippen molar-refractivity contribution in [3.8, 4) is 12.3 Å². The van der Waals surface area contributed by atoms with E-state index in [1.807, 2.05) is 0 Å². The lowest BCUT2D eigenvalue weighted by molar-refractivity contribution is -0.127. The first-order valence-electron chi connectivity index (χ1n) is 1.36. The van der Waals surface area contributed by atoms with E-state index in [0.717, 1.165) is 0 Å². The molecule has 0 aromatic rings. The summed E-state index contributed by atoms with van der Waals surface area (Å²) in [6.45, 7) is 0. The van der Waals surface area contributed by atoms with Gasteiger partial charge in [-0.25, -0.2) is 4.79 Å². The highest BCUT2D eigenvalue weighted by Crippen LogP contribution is 1.60. The third-order valence-corrected chi connectivity index (χ3v) is 0.674. The number of hydrogen-bond acceptors (Lipinski definition) is 2. The second-order valence-corrected chi connectivity index (χ2v) is 1.04. The van der Waals surface area contributed by atoms with Gasteiger partial charge >= 0.3 is 5.97 Å². The molecule has 0 bridgehead atoms. The van der Waals surface area contributed by atoms with Gasteiger partial charge < -0.3 is 4.43 Å². The Labute approximate surface area is 39.0 Å². The van der Waals surface area contributed by atoms with Crippen LogP contribution in [0.25, 0.3) is 0 Å². The molecule has 0 saturated heterocycles. The topological polar surface area (TPSA) is 26.3 Å². The highest BCUT2D eigenvalue weighted by molar-refractivity contribution is 6.09. The van der Waals surface area contributed by atoms with E-state index in [4.69, 9.17) is 0 Å². The lowest BCUT2D eigenvalue weighted by Gasteiger charge is -1.81. The predicted molar refractivity (Wildman–Crippen MR) is 24.9 cm³/mol. The molecule has 0 atom stereocenters. The summed E-state index contributed by atoms with van der Waals surface area (Å²) < 4.78 is 4.16. The van der Waals surface area contributed by atoms with Gasteiger partial charge in [0.1, 0.15) is 0 Å². The second kappa shape index (κ2) is 2.48. The molecule has 0 saturated carbocycles. The van der Waals surface area contributed by atoms with Crippen molar-refractivity contribution in [3.05, 3.63) is 0 Å². The molecule has 0 aromatic carbocycles. The van der Waals surface area contributed by atoms with Gasteiger partial charge in [-0.15, -0.1) is 6.42 Å². The molecular weight excluding hydrogens is 96.1 g/mol. The minimum atomic E-state index is -0.568. The normalized spacial score (nSPS) is 6.50. The van der Waals surface area contributed by atoms with E-state index < -0.39 is 5.97 Å². The van der Waals surface area contributed by atoms with Gasteiger partial charge in [-0.2, -0.15) is 0 Å². The molecule has 0 heterocycles. The van der Waals surface area contributed by atoms with E-state index in [1.54, 1.807) is 5.92 Å². The Bertz CT molecular complexity index is 91.5. The minimum Gasteiger partial charge on any atom is -0.519 e. The van der Waals surface area contributed by atoms with Gasteiger partial charge in [0, 0.05) is 5.92 Å². The summed E-state index contributed by atoms with van der Waals surface area (Å²) in [6, 6.07) is 0. The summed E-state index contributed by atoms with van der Waals surface area (Å²) in [5.41, 5.74) is 0. The average Bonchev–Trinajstić information content (AvgIpc) is 1.65. The van der Waals surface area contributed by atoms with Gasteiger partial charge in [0.05, 0.1) is 0 Å². The Morgan fingerprint density at radius 3 is 2.50 bits per heavy atom. The Morgan fingerprint density at radius 1 is 2.00 bits per heavy atom. The van der Waals surface area contributed by atoms with Crippen LogP contribution in [0.2, 0.25) is 0 Å². The summed E-state index contributed by atoms with van der Waals surface area (Å²) >= 11 is 0. The zero-order chi connectivity index (χ0) is 4.99. The van der Waals surface area contributed by atoms with Gasteiger partial charge in [-0.1, -0.05) is 0 Å². The fourth-order valence-electron chi connectivity index (χ4n) is 0.0589. The van der Waals surface area contributed by atoms with Crippen molar-refractivity contribution in [1.82, 2.24) is 0 Å². The summed E-state index contributed by atoms with van der Waals surface area (Å²) in [6.07, 6.45) is 4.58. The van der Waals surface area contributed by atoms with Crippen LogP contribution >= 0.6 is 0 Å². The summed E-state index contributed by atoms with van der Waals surface area (Å²) in [5, 5.41) is 0. The van der Waals surface area contributed by atoms with Crippen molar-refractivity contribution in [1.29, 1.82) is 0 Å². The maximum absolute atomic E-state index is 9.76. The van der Waals surface area contributed by atoms with E-state index in [1.165, 1.54) is 0 Å². The molecule has 0 rings (SSSR count). The lowest BCUT2D eigenvalue weighted by Crippen LogP contribution is -1.94. The zero-order valence-corrected chi connectivity index (χ0v) is 5.39. The molecule has 0 aliphatic rings. The molecule has 0 aromatic heterocycles. The standard InChI is InChI=1S/C3H4O2Si/c1-2-3(4)5-6/h1H,6H3. The van der Waals surface area contributed by atoms with Crippen LogP contribution in [0.1, 0.15) is 0 Å². The second-order valence-electron chi connectivity index (χ2n) is 0.636. The number of terminal acetylenes is 1. The molecule has 32 valence electrons. The van der Waals surface area contributed by atoms with Crippen molar-refractivity contribution in [2.24, 2.45) is 0 Å². The largest absolute Gasteiger partial charge is 0.519 e. The Kier molecular flexibility index (Phi) is 2.17. The summed E-state index contributed by atoms with van der Waals surface area (Å²) in [4.78, 5) is 9.76. The predicted octanol–water partition coefficient (Wildman–Crippen LogP) is -1.56. The molecule has 0 radical (unpaired) electrons. The van der Waals surface area contributed by atoms with E-state index in [9.17, 15) is 4.79 Å². The van der Waals surface area contributed by atoms with Gasteiger partial charge in [0.2, 0.25) is 10.5 Å². The fourth-order valence-corrected chi connectivity index (χ4v) is 0.177. The van der Waals surface area contributed by atoms with Gasteiger partial charge in [-0.3, -0.25) is 0 Å². The molecule has 0 aliphatic heterocycles. The van der Waals surface area contributed by atoms with E-state index in [-0.39, 0.29) is 0 Å². The van der Waals surface area contributed by atoms with Crippen molar-refractivity contribution < 1.29 is 9.22 Å². The molecule has 0 spiro atoms. The van der Waals surface area contributed by atoms with Crippen LogP contribution in [0, 0.1) is 12.3 Å². The highest BCUT2D eigenvalue weighted by atomic mass is 28.2. The number of carbonyl (C=O) groups is 1. The SMILES string of the molecule is C#CC(=O)O[SiH3]. The molecule has 0 N–H and O–H groups in total. The quantitative estimate of drug-likeness (QED) is 0.272. The molecule has 2 nitrogen and oxygen atoms in total. The van der Waals surface area contributed by atoms with Crippen LogP contribution in [-0.4, -0.2) is 16.5 Å². The van der Waals surface area contributed by atoms with Gasteiger partial charge in [0.25, 0.3) is 0 Å². The first-order chi connectivity index (χ1) is 2.81. The maximum atomic E-state index is 9.76. The van der Waals surface area contributed by atoms with Crippen LogP contribution in [-0.2, 0) is 9.22 Å². The Morgan fingerprint density at radius 2 is 2.50 bits per heavy atom. The number of carbonyl (C=O) groups excluding carboxylic acids is 1. The van der Waals surface area contributed by atoms with E-state index in [0.29, 0.717) is 10.5 Å². The number of hydrogen-bond donors (Lipinski definition) is 0. The molecule has 3 heteroatoms. The maximum Gasteiger partial charge on any atom is 0.370 e. The molecule has 0 aliphatic carbocycles. The first-order valence-corrected chi connectivity index (χ1v) is 2.17. The van der Waals surface area contributed by atoms with Crippen molar-refractivity contribution >= 4 is 16.5 Å². The molecule has 0 fully saturated rings.